The molecule has 2 aromatic carbocycles. The lowest BCUT2D eigenvalue weighted by Crippen LogP contribution is -2.34. The molecule has 0 aliphatic carbocycles. The van der Waals surface area contributed by atoms with E-state index in [4.69, 9.17) is 4.74 Å². The van der Waals surface area contributed by atoms with Crippen molar-refractivity contribution in [2.45, 2.75) is 46.0 Å². The zero-order valence-corrected chi connectivity index (χ0v) is 18.2. The van der Waals surface area contributed by atoms with Gasteiger partial charge in [-0.25, -0.2) is 4.79 Å². The van der Waals surface area contributed by atoms with Crippen molar-refractivity contribution in [3.8, 4) is 0 Å². The van der Waals surface area contributed by atoms with Crippen LogP contribution in [0.4, 0.5) is 5.69 Å². The second kappa shape index (κ2) is 10.3. The number of likely N-dealkylation sites (N-methyl/N-ethyl adjacent to an activating group) is 1. The lowest BCUT2D eigenvalue weighted by molar-refractivity contribution is -0.121. The lowest BCUT2D eigenvalue weighted by atomic mass is 9.87. The highest BCUT2D eigenvalue weighted by Crippen LogP contribution is 2.35. The topological polar surface area (TPSA) is 58.6 Å². The van der Waals surface area contributed by atoms with Crippen LogP contribution in [0.5, 0.6) is 0 Å². The van der Waals surface area contributed by atoms with Gasteiger partial charge in [-0.3, -0.25) is 4.79 Å². The minimum absolute atomic E-state index is 0.0229. The summed E-state index contributed by atoms with van der Waals surface area (Å²) in [6.07, 6.45) is 3.60. The number of benzene rings is 2. The summed E-state index contributed by atoms with van der Waals surface area (Å²) in [5.74, 6) is -0.800. The van der Waals surface area contributed by atoms with Gasteiger partial charge in [0, 0.05) is 25.3 Å². The quantitative estimate of drug-likeness (QED) is 0.689. The number of carbonyl (C=O) groups is 2. The summed E-state index contributed by atoms with van der Waals surface area (Å²) >= 11 is 0. The first-order valence-electron chi connectivity index (χ1n) is 11.0. The molecule has 0 saturated carbocycles. The van der Waals surface area contributed by atoms with E-state index in [0.29, 0.717) is 18.7 Å². The van der Waals surface area contributed by atoms with Gasteiger partial charge >= 0.3 is 5.97 Å². The van der Waals surface area contributed by atoms with Crippen molar-refractivity contribution in [2.75, 3.05) is 31.1 Å². The van der Waals surface area contributed by atoms with Gasteiger partial charge in [-0.15, -0.1) is 0 Å². The van der Waals surface area contributed by atoms with Gasteiger partial charge in [0.1, 0.15) is 0 Å². The number of piperidine rings is 1. The first-order valence-corrected chi connectivity index (χ1v) is 11.0. The van der Waals surface area contributed by atoms with Crippen molar-refractivity contribution in [1.82, 2.24) is 5.32 Å². The van der Waals surface area contributed by atoms with E-state index in [-0.39, 0.29) is 11.9 Å². The van der Waals surface area contributed by atoms with E-state index in [2.05, 4.69) is 35.3 Å². The second-order valence-corrected chi connectivity index (χ2v) is 7.78. The van der Waals surface area contributed by atoms with Crippen molar-refractivity contribution in [3.63, 3.8) is 0 Å². The van der Waals surface area contributed by atoms with Crippen LogP contribution < -0.4 is 10.2 Å². The van der Waals surface area contributed by atoms with E-state index in [9.17, 15) is 9.59 Å². The number of anilines is 1. The van der Waals surface area contributed by atoms with E-state index in [1.165, 1.54) is 19.3 Å². The van der Waals surface area contributed by atoms with E-state index >= 15 is 0 Å². The number of amides is 1. The molecule has 5 nitrogen and oxygen atoms in total. The zero-order chi connectivity index (χ0) is 21.5. The number of nitrogens with one attached hydrogen (secondary N) is 1. The van der Waals surface area contributed by atoms with Gasteiger partial charge in [-0.05, 0) is 69.4 Å². The van der Waals surface area contributed by atoms with Crippen LogP contribution in [0.3, 0.4) is 0 Å². The fraction of sp³-hybridized carbons (Fsp3) is 0.440. The van der Waals surface area contributed by atoms with Crippen LogP contribution in [0.1, 0.15) is 66.1 Å². The summed E-state index contributed by atoms with van der Waals surface area (Å²) in [6, 6.07) is 13.6. The number of hydrogen-bond acceptors (Lipinski definition) is 4. The first kappa shape index (κ1) is 21.9. The molecular weight excluding hydrogens is 376 g/mol. The number of rotatable bonds is 7. The van der Waals surface area contributed by atoms with E-state index in [1.54, 1.807) is 19.1 Å². The Morgan fingerprint density at radius 3 is 2.37 bits per heavy atom. The van der Waals surface area contributed by atoms with Crippen LogP contribution in [0.15, 0.2) is 42.5 Å². The fourth-order valence-electron chi connectivity index (χ4n) is 4.10. The van der Waals surface area contributed by atoms with E-state index in [1.807, 2.05) is 19.1 Å². The molecule has 1 fully saturated rings. The molecule has 160 valence electrons. The van der Waals surface area contributed by atoms with Crippen molar-refractivity contribution < 1.29 is 14.3 Å². The Labute approximate surface area is 179 Å². The van der Waals surface area contributed by atoms with Crippen molar-refractivity contribution in [1.29, 1.82) is 0 Å². The Hall–Kier alpha value is -2.82. The monoisotopic (exact) mass is 408 g/mol. The summed E-state index contributed by atoms with van der Waals surface area (Å²) in [5.41, 5.74) is 4.65. The maximum Gasteiger partial charge on any atom is 0.338 e. The number of ether oxygens (including phenoxy) is 1. The maximum atomic E-state index is 13.2. The van der Waals surface area contributed by atoms with Gasteiger partial charge in [-0.1, -0.05) is 29.8 Å². The zero-order valence-electron chi connectivity index (χ0n) is 18.2. The third-order valence-corrected chi connectivity index (χ3v) is 5.56. The molecular formula is C25H32N2O3. The van der Waals surface area contributed by atoms with Gasteiger partial charge in [0.15, 0.2) is 0 Å². The van der Waals surface area contributed by atoms with Crippen LogP contribution in [-0.2, 0) is 9.53 Å². The number of carbonyl (C=O) groups excluding carboxylic acids is 2. The molecule has 1 unspecified atom stereocenters. The van der Waals surface area contributed by atoms with Crippen LogP contribution in [0, 0.1) is 6.92 Å². The number of aryl methyl sites for hydroxylation is 1. The predicted molar refractivity (Wildman–Crippen MR) is 120 cm³/mol. The van der Waals surface area contributed by atoms with Gasteiger partial charge in [0.05, 0.1) is 18.1 Å². The Morgan fingerprint density at radius 2 is 1.73 bits per heavy atom. The Balaban J connectivity index is 2.03. The normalized spacial score (nSPS) is 14.8. The molecule has 1 aliphatic heterocycles. The van der Waals surface area contributed by atoms with Crippen molar-refractivity contribution >= 4 is 17.6 Å². The van der Waals surface area contributed by atoms with Gasteiger partial charge < -0.3 is 15.0 Å². The van der Waals surface area contributed by atoms with Crippen molar-refractivity contribution in [3.05, 3.63) is 64.7 Å². The molecule has 0 spiro atoms. The van der Waals surface area contributed by atoms with E-state index in [0.717, 1.165) is 35.5 Å². The number of esters is 1. The molecule has 1 atom stereocenters. The molecule has 1 saturated heterocycles. The molecule has 1 aliphatic rings. The largest absolute Gasteiger partial charge is 0.462 e. The van der Waals surface area contributed by atoms with E-state index < -0.39 is 5.92 Å². The van der Waals surface area contributed by atoms with Crippen LogP contribution in [0.25, 0.3) is 0 Å². The standard InChI is InChI=1S/C25H32N2O3/c1-4-26-24(28)23(19-10-12-20(13-11-19)25(29)30-5-2)21-17-18(3)9-14-22(21)27-15-7-6-8-16-27/h9-14,17,23H,4-8,15-16H2,1-3H3,(H,26,28). The van der Waals surface area contributed by atoms with Crippen LogP contribution >= 0.6 is 0 Å². The third kappa shape index (κ3) is 5.02. The Kier molecular flexibility index (Phi) is 7.50. The molecule has 0 bridgehead atoms. The SMILES string of the molecule is CCNC(=O)C(c1ccc(C(=O)OCC)cc1)c1cc(C)ccc1N1CCCCC1. The molecule has 5 heteroatoms. The summed E-state index contributed by atoms with van der Waals surface area (Å²) in [5, 5.41) is 3.00. The molecule has 0 radical (unpaired) electrons. The van der Waals surface area contributed by atoms with Crippen molar-refractivity contribution in [2.24, 2.45) is 0 Å². The Morgan fingerprint density at radius 1 is 1.03 bits per heavy atom. The highest BCUT2D eigenvalue weighted by Gasteiger charge is 2.27. The number of hydrogen-bond donors (Lipinski definition) is 1. The molecule has 1 heterocycles. The summed E-state index contributed by atoms with van der Waals surface area (Å²) in [6.45, 7) is 8.71. The molecule has 1 N–H and O–H groups in total. The molecule has 1 amide bonds. The molecule has 3 rings (SSSR count). The molecule has 0 aromatic heterocycles. The third-order valence-electron chi connectivity index (χ3n) is 5.56. The minimum atomic E-state index is -0.432. The first-order chi connectivity index (χ1) is 14.5. The summed E-state index contributed by atoms with van der Waals surface area (Å²) in [7, 11) is 0. The smallest absolute Gasteiger partial charge is 0.338 e. The maximum absolute atomic E-state index is 13.2. The highest BCUT2D eigenvalue weighted by atomic mass is 16.5. The van der Waals surface area contributed by atoms with Gasteiger partial charge in [0.2, 0.25) is 5.91 Å². The number of nitrogens with zero attached hydrogens (tertiary/aromatic N) is 1. The van der Waals surface area contributed by atoms with Gasteiger partial charge in [-0.2, -0.15) is 0 Å². The lowest BCUT2D eigenvalue weighted by Gasteiger charge is -2.32. The average Bonchev–Trinajstić information content (AvgIpc) is 2.75. The minimum Gasteiger partial charge on any atom is -0.462 e. The fourth-order valence-corrected chi connectivity index (χ4v) is 4.10. The van der Waals surface area contributed by atoms with Crippen LogP contribution in [0.2, 0.25) is 0 Å². The average molecular weight is 409 g/mol. The van der Waals surface area contributed by atoms with Gasteiger partial charge in [0.25, 0.3) is 0 Å². The van der Waals surface area contributed by atoms with Crippen LogP contribution in [-0.4, -0.2) is 38.1 Å². The molecule has 2 aromatic rings. The Bertz CT molecular complexity index is 870. The molecule has 30 heavy (non-hydrogen) atoms. The second-order valence-electron chi connectivity index (χ2n) is 7.78. The highest BCUT2D eigenvalue weighted by molar-refractivity contribution is 5.91. The summed E-state index contributed by atoms with van der Waals surface area (Å²) < 4.78 is 5.09. The predicted octanol–water partition coefficient (Wildman–Crippen LogP) is 4.43. The summed E-state index contributed by atoms with van der Waals surface area (Å²) in [4.78, 5) is 27.6.